The van der Waals surface area contributed by atoms with Gasteiger partial charge < -0.3 is 9.63 Å². The molecule has 0 aliphatic carbocycles. The zero-order valence-electron chi connectivity index (χ0n) is 9.89. The Morgan fingerprint density at radius 2 is 1.94 bits per heavy atom. The predicted molar refractivity (Wildman–Crippen MR) is 69.8 cm³/mol. The molecule has 0 saturated heterocycles. The molecule has 1 heterocycles. The van der Waals surface area contributed by atoms with Crippen LogP contribution in [0.2, 0.25) is 10.0 Å². The van der Waals surface area contributed by atoms with Gasteiger partial charge in [-0.2, -0.15) is 4.98 Å². The average molecular weight is 287 g/mol. The first-order chi connectivity index (χ1) is 8.49. The number of aliphatic hydroxyl groups excluding tert-OH is 1. The highest BCUT2D eigenvalue weighted by molar-refractivity contribution is 6.42. The molecule has 96 valence electrons. The molecule has 0 radical (unpaired) electrons. The van der Waals surface area contributed by atoms with Crippen molar-refractivity contribution in [1.29, 1.82) is 0 Å². The number of benzene rings is 1. The zero-order chi connectivity index (χ0) is 13.3. The van der Waals surface area contributed by atoms with Crippen LogP contribution in [-0.4, -0.2) is 21.4 Å². The van der Waals surface area contributed by atoms with E-state index in [9.17, 15) is 5.11 Å². The van der Waals surface area contributed by atoms with Gasteiger partial charge in [0.15, 0.2) is 0 Å². The van der Waals surface area contributed by atoms with Crippen LogP contribution in [0.15, 0.2) is 22.7 Å². The van der Waals surface area contributed by atoms with E-state index in [0.29, 0.717) is 21.8 Å². The normalized spacial score (nSPS) is 14.5. The smallest absolute Gasteiger partial charge is 0.232 e. The molecule has 1 aromatic carbocycles. The quantitative estimate of drug-likeness (QED) is 0.938. The second-order valence-electron chi connectivity index (χ2n) is 4.11. The van der Waals surface area contributed by atoms with Crippen molar-refractivity contribution in [2.75, 3.05) is 0 Å². The summed E-state index contributed by atoms with van der Waals surface area (Å²) in [5.74, 6) is 0.608. The molecule has 0 aliphatic heterocycles. The molecule has 1 N–H and O–H groups in total. The zero-order valence-corrected chi connectivity index (χ0v) is 11.4. The first kappa shape index (κ1) is 13.3. The van der Waals surface area contributed by atoms with Crippen molar-refractivity contribution >= 4 is 23.2 Å². The maximum Gasteiger partial charge on any atom is 0.232 e. The van der Waals surface area contributed by atoms with E-state index in [2.05, 4.69) is 10.1 Å². The first-order valence-corrected chi connectivity index (χ1v) is 6.21. The van der Waals surface area contributed by atoms with Crippen LogP contribution in [0.25, 0.3) is 11.4 Å². The van der Waals surface area contributed by atoms with Crippen LogP contribution in [0.1, 0.15) is 25.7 Å². The minimum Gasteiger partial charge on any atom is -0.393 e. The van der Waals surface area contributed by atoms with Crippen LogP contribution in [0.4, 0.5) is 0 Å². The summed E-state index contributed by atoms with van der Waals surface area (Å²) in [6.07, 6.45) is -0.549. The molecule has 2 atom stereocenters. The molecule has 18 heavy (non-hydrogen) atoms. The van der Waals surface area contributed by atoms with Crippen LogP contribution in [0.5, 0.6) is 0 Å². The Hall–Kier alpha value is -1.10. The van der Waals surface area contributed by atoms with Crippen LogP contribution < -0.4 is 0 Å². The van der Waals surface area contributed by atoms with Gasteiger partial charge in [0.05, 0.1) is 22.1 Å². The van der Waals surface area contributed by atoms with Gasteiger partial charge in [0.25, 0.3) is 0 Å². The van der Waals surface area contributed by atoms with Gasteiger partial charge in [-0.05, 0) is 25.1 Å². The van der Waals surface area contributed by atoms with Crippen molar-refractivity contribution in [2.24, 2.45) is 0 Å². The van der Waals surface area contributed by atoms with E-state index in [1.54, 1.807) is 25.1 Å². The van der Waals surface area contributed by atoms with Crippen molar-refractivity contribution < 1.29 is 9.63 Å². The third-order valence-electron chi connectivity index (χ3n) is 2.73. The fraction of sp³-hybridized carbons (Fsp3) is 0.333. The van der Waals surface area contributed by atoms with E-state index in [0.717, 1.165) is 5.56 Å². The maximum absolute atomic E-state index is 9.47. The third-order valence-corrected chi connectivity index (χ3v) is 3.47. The highest BCUT2D eigenvalue weighted by atomic mass is 35.5. The van der Waals surface area contributed by atoms with Gasteiger partial charge >= 0.3 is 0 Å². The monoisotopic (exact) mass is 286 g/mol. The molecule has 2 unspecified atom stereocenters. The number of aliphatic hydroxyl groups is 1. The molecule has 2 aromatic rings. The molecule has 0 amide bonds. The van der Waals surface area contributed by atoms with Crippen LogP contribution in [0, 0.1) is 0 Å². The average Bonchev–Trinajstić information content (AvgIpc) is 2.81. The predicted octanol–water partition coefficient (Wildman–Crippen LogP) is 3.53. The Morgan fingerprint density at radius 1 is 1.22 bits per heavy atom. The van der Waals surface area contributed by atoms with Crippen molar-refractivity contribution in [1.82, 2.24) is 10.1 Å². The van der Waals surface area contributed by atoms with Crippen molar-refractivity contribution in [3.05, 3.63) is 34.1 Å². The van der Waals surface area contributed by atoms with Crippen molar-refractivity contribution in [2.45, 2.75) is 25.9 Å². The summed E-state index contributed by atoms with van der Waals surface area (Å²) < 4.78 is 5.12. The molecule has 0 bridgehead atoms. The summed E-state index contributed by atoms with van der Waals surface area (Å²) in [5.41, 5.74) is 0.720. The maximum atomic E-state index is 9.47. The Kier molecular flexibility index (Phi) is 3.90. The second kappa shape index (κ2) is 5.26. The highest BCUT2D eigenvalue weighted by Gasteiger charge is 2.19. The number of hydrogen-bond acceptors (Lipinski definition) is 4. The number of halogens is 2. The SMILES string of the molecule is CC(O)C(C)c1nc(-c2ccc(Cl)c(Cl)c2)no1. The van der Waals surface area contributed by atoms with E-state index in [-0.39, 0.29) is 5.92 Å². The molecule has 0 saturated carbocycles. The summed E-state index contributed by atoms with van der Waals surface area (Å²) in [6, 6.07) is 5.11. The topological polar surface area (TPSA) is 59.2 Å². The molecule has 0 fully saturated rings. The van der Waals surface area contributed by atoms with Gasteiger partial charge in [-0.15, -0.1) is 0 Å². The van der Waals surface area contributed by atoms with Gasteiger partial charge in [-0.25, -0.2) is 0 Å². The van der Waals surface area contributed by atoms with Crippen LogP contribution >= 0.6 is 23.2 Å². The number of rotatable bonds is 3. The Bertz CT molecular complexity index is 555. The van der Waals surface area contributed by atoms with Crippen LogP contribution in [0.3, 0.4) is 0 Å². The lowest BCUT2D eigenvalue weighted by molar-refractivity contribution is 0.151. The Morgan fingerprint density at radius 3 is 2.56 bits per heavy atom. The van der Waals surface area contributed by atoms with E-state index in [1.807, 2.05) is 6.92 Å². The summed E-state index contributed by atoms with van der Waals surface area (Å²) in [4.78, 5) is 4.23. The number of aromatic nitrogens is 2. The minimum atomic E-state index is -0.549. The van der Waals surface area contributed by atoms with E-state index in [1.165, 1.54) is 0 Å². The molecule has 1 aromatic heterocycles. The first-order valence-electron chi connectivity index (χ1n) is 5.46. The number of nitrogens with zero attached hydrogens (tertiary/aromatic N) is 2. The molecule has 0 aliphatic rings. The van der Waals surface area contributed by atoms with Gasteiger partial charge in [0.2, 0.25) is 11.7 Å². The summed E-state index contributed by atoms with van der Waals surface area (Å²) >= 11 is 11.8. The lowest BCUT2D eigenvalue weighted by atomic mass is 10.1. The third kappa shape index (κ3) is 2.66. The van der Waals surface area contributed by atoms with E-state index >= 15 is 0 Å². The van der Waals surface area contributed by atoms with Crippen molar-refractivity contribution in [3.8, 4) is 11.4 Å². The fourth-order valence-corrected chi connectivity index (χ4v) is 1.68. The minimum absolute atomic E-state index is 0.214. The second-order valence-corrected chi connectivity index (χ2v) is 4.93. The Balaban J connectivity index is 2.32. The number of hydrogen-bond donors (Lipinski definition) is 1. The molecule has 4 nitrogen and oxygen atoms in total. The van der Waals surface area contributed by atoms with Crippen LogP contribution in [-0.2, 0) is 0 Å². The van der Waals surface area contributed by atoms with E-state index < -0.39 is 6.10 Å². The molecule has 2 rings (SSSR count). The molecule has 6 heteroatoms. The largest absolute Gasteiger partial charge is 0.393 e. The van der Waals surface area contributed by atoms with Gasteiger partial charge in [-0.3, -0.25) is 0 Å². The van der Waals surface area contributed by atoms with Gasteiger partial charge in [0.1, 0.15) is 0 Å². The summed E-state index contributed by atoms with van der Waals surface area (Å²) in [6.45, 7) is 3.49. The fourth-order valence-electron chi connectivity index (χ4n) is 1.38. The lowest BCUT2D eigenvalue weighted by Crippen LogP contribution is -2.11. The summed E-state index contributed by atoms with van der Waals surface area (Å²) in [7, 11) is 0. The lowest BCUT2D eigenvalue weighted by Gasteiger charge is -2.08. The molecule has 0 spiro atoms. The molecular weight excluding hydrogens is 275 g/mol. The standard InChI is InChI=1S/C12H12Cl2N2O2/c1-6(7(2)17)12-15-11(16-18-12)8-3-4-9(13)10(14)5-8/h3-7,17H,1-2H3. The highest BCUT2D eigenvalue weighted by Crippen LogP contribution is 2.28. The van der Waals surface area contributed by atoms with Crippen molar-refractivity contribution in [3.63, 3.8) is 0 Å². The Labute approximate surface area is 115 Å². The summed E-state index contributed by atoms with van der Waals surface area (Å²) in [5, 5.41) is 14.2. The van der Waals surface area contributed by atoms with Gasteiger partial charge in [0, 0.05) is 5.56 Å². The van der Waals surface area contributed by atoms with E-state index in [4.69, 9.17) is 27.7 Å². The van der Waals surface area contributed by atoms with Gasteiger partial charge in [-0.1, -0.05) is 35.3 Å². The molecular formula is C12H12Cl2N2O2.